The van der Waals surface area contributed by atoms with Gasteiger partial charge in [-0.15, -0.1) is 0 Å². The van der Waals surface area contributed by atoms with Crippen LogP contribution in [0.3, 0.4) is 0 Å². The molecule has 4 rings (SSSR count). The van der Waals surface area contributed by atoms with E-state index in [0.717, 1.165) is 18.4 Å². The molecule has 0 bridgehead atoms. The topological polar surface area (TPSA) is 53.2 Å². The molecule has 1 fully saturated rings. The first-order valence-corrected chi connectivity index (χ1v) is 9.81. The van der Waals surface area contributed by atoms with E-state index < -0.39 is 15.8 Å². The lowest BCUT2D eigenvalue weighted by Crippen LogP contribution is -2.37. The van der Waals surface area contributed by atoms with E-state index in [1.807, 2.05) is 24.4 Å². The van der Waals surface area contributed by atoms with Crippen LogP contribution in [-0.2, 0) is 10.0 Å². The SMILES string of the molecule is O=S(=O)(c1ccc(F)cc1)N1CCC(c2c[nH]c3ccccc23)CC1. The molecule has 0 atom stereocenters. The number of benzene rings is 2. The van der Waals surface area contributed by atoms with Gasteiger partial charge in [0, 0.05) is 30.2 Å². The van der Waals surface area contributed by atoms with Gasteiger partial charge in [0.1, 0.15) is 5.82 Å². The number of sulfonamides is 1. The third-order valence-corrected chi connectivity index (χ3v) is 6.88. The molecule has 2 aromatic carbocycles. The number of nitrogens with zero attached hydrogens (tertiary/aromatic N) is 1. The number of aromatic amines is 1. The van der Waals surface area contributed by atoms with Crippen molar-refractivity contribution in [2.75, 3.05) is 13.1 Å². The van der Waals surface area contributed by atoms with Gasteiger partial charge in [-0.05, 0) is 54.7 Å². The van der Waals surface area contributed by atoms with Crippen molar-refractivity contribution >= 4 is 20.9 Å². The Morgan fingerprint density at radius 1 is 1.00 bits per heavy atom. The molecule has 1 aromatic heterocycles. The van der Waals surface area contributed by atoms with Crippen LogP contribution in [0.15, 0.2) is 59.6 Å². The third-order valence-electron chi connectivity index (χ3n) is 4.97. The van der Waals surface area contributed by atoms with Crippen LogP contribution in [-0.4, -0.2) is 30.8 Å². The van der Waals surface area contributed by atoms with E-state index in [2.05, 4.69) is 11.1 Å². The summed E-state index contributed by atoms with van der Waals surface area (Å²) in [4.78, 5) is 3.44. The molecular weight excluding hydrogens is 339 g/mol. The summed E-state index contributed by atoms with van der Waals surface area (Å²) in [6.07, 6.45) is 3.60. The fourth-order valence-corrected chi connectivity index (χ4v) is 5.06. The van der Waals surface area contributed by atoms with Gasteiger partial charge in [0.2, 0.25) is 10.0 Å². The van der Waals surface area contributed by atoms with Gasteiger partial charge in [0.15, 0.2) is 0 Å². The molecule has 0 aliphatic carbocycles. The molecule has 130 valence electrons. The fraction of sp³-hybridized carbons (Fsp3) is 0.263. The Morgan fingerprint density at radius 3 is 2.40 bits per heavy atom. The molecule has 1 N–H and O–H groups in total. The van der Waals surface area contributed by atoms with Gasteiger partial charge in [-0.25, -0.2) is 12.8 Å². The number of aromatic nitrogens is 1. The average molecular weight is 358 g/mol. The summed E-state index contributed by atoms with van der Waals surface area (Å²) in [5, 5.41) is 1.21. The standard InChI is InChI=1S/C19H19FN2O2S/c20-15-5-7-16(8-6-15)25(23,24)22-11-9-14(10-12-22)18-13-21-19-4-2-1-3-17(18)19/h1-8,13-14,21H,9-12H2. The van der Waals surface area contributed by atoms with Crippen molar-refractivity contribution < 1.29 is 12.8 Å². The highest BCUT2D eigenvalue weighted by atomic mass is 32.2. The van der Waals surface area contributed by atoms with E-state index >= 15 is 0 Å². The van der Waals surface area contributed by atoms with Crippen LogP contribution in [0.1, 0.15) is 24.3 Å². The van der Waals surface area contributed by atoms with E-state index in [1.165, 1.54) is 39.5 Å². The van der Waals surface area contributed by atoms with E-state index in [1.54, 1.807) is 0 Å². The lowest BCUT2D eigenvalue weighted by molar-refractivity contribution is 0.320. The van der Waals surface area contributed by atoms with Crippen molar-refractivity contribution in [1.29, 1.82) is 0 Å². The summed E-state index contributed by atoms with van der Waals surface area (Å²) in [7, 11) is -3.55. The second-order valence-electron chi connectivity index (χ2n) is 6.42. The zero-order chi connectivity index (χ0) is 17.4. The lowest BCUT2D eigenvalue weighted by atomic mass is 9.90. The van der Waals surface area contributed by atoms with E-state index in [-0.39, 0.29) is 4.90 Å². The Hall–Kier alpha value is -2.18. The molecule has 0 amide bonds. The Balaban J connectivity index is 1.52. The number of halogens is 1. The summed E-state index contributed by atoms with van der Waals surface area (Å²) in [5.41, 5.74) is 2.37. The molecular formula is C19H19FN2O2S. The van der Waals surface area contributed by atoms with Crippen molar-refractivity contribution in [2.24, 2.45) is 0 Å². The average Bonchev–Trinajstić information content (AvgIpc) is 3.06. The Labute approximate surface area is 146 Å². The van der Waals surface area contributed by atoms with Gasteiger partial charge in [-0.2, -0.15) is 4.31 Å². The maximum absolute atomic E-state index is 13.0. The number of piperidine rings is 1. The van der Waals surface area contributed by atoms with Crippen LogP contribution < -0.4 is 0 Å². The molecule has 1 aliphatic rings. The van der Waals surface area contributed by atoms with Crippen LogP contribution in [0.4, 0.5) is 4.39 Å². The smallest absolute Gasteiger partial charge is 0.243 e. The molecule has 0 spiro atoms. The minimum atomic E-state index is -3.55. The molecule has 1 aliphatic heterocycles. The van der Waals surface area contributed by atoms with Crippen LogP contribution in [0.2, 0.25) is 0 Å². The predicted octanol–water partition coefficient (Wildman–Crippen LogP) is 3.88. The van der Waals surface area contributed by atoms with Crippen LogP contribution >= 0.6 is 0 Å². The van der Waals surface area contributed by atoms with Crippen LogP contribution in [0, 0.1) is 5.82 Å². The van der Waals surface area contributed by atoms with Crippen molar-refractivity contribution in [3.05, 3.63) is 66.1 Å². The van der Waals surface area contributed by atoms with Gasteiger partial charge >= 0.3 is 0 Å². The molecule has 0 unspecified atom stereocenters. The molecule has 3 aromatic rings. The zero-order valence-electron chi connectivity index (χ0n) is 13.7. The maximum atomic E-state index is 13.0. The molecule has 0 radical (unpaired) electrons. The number of rotatable bonds is 3. The number of para-hydroxylation sites is 1. The summed E-state index contributed by atoms with van der Waals surface area (Å²) in [5.74, 6) is -0.0900. The normalized spacial score (nSPS) is 17.2. The highest BCUT2D eigenvalue weighted by Gasteiger charge is 2.30. The summed E-state index contributed by atoms with van der Waals surface area (Å²) < 4.78 is 40.0. The predicted molar refractivity (Wildman–Crippen MR) is 95.4 cm³/mol. The van der Waals surface area contributed by atoms with Crippen molar-refractivity contribution in [1.82, 2.24) is 9.29 Å². The van der Waals surface area contributed by atoms with Gasteiger partial charge in [0.05, 0.1) is 4.90 Å². The van der Waals surface area contributed by atoms with Crippen LogP contribution in [0.25, 0.3) is 10.9 Å². The van der Waals surface area contributed by atoms with Gasteiger partial charge in [-0.3, -0.25) is 0 Å². The minimum Gasteiger partial charge on any atom is -0.361 e. The lowest BCUT2D eigenvalue weighted by Gasteiger charge is -2.31. The van der Waals surface area contributed by atoms with E-state index in [9.17, 15) is 12.8 Å². The Bertz CT molecular complexity index is 988. The minimum absolute atomic E-state index is 0.152. The molecule has 0 saturated carbocycles. The zero-order valence-corrected chi connectivity index (χ0v) is 14.5. The molecule has 25 heavy (non-hydrogen) atoms. The number of nitrogens with one attached hydrogen (secondary N) is 1. The number of hydrogen-bond acceptors (Lipinski definition) is 2. The maximum Gasteiger partial charge on any atom is 0.243 e. The second kappa shape index (κ2) is 6.28. The Kier molecular flexibility index (Phi) is 4.09. The molecule has 1 saturated heterocycles. The van der Waals surface area contributed by atoms with Crippen molar-refractivity contribution in [3.63, 3.8) is 0 Å². The number of H-pyrrole nitrogens is 1. The second-order valence-corrected chi connectivity index (χ2v) is 8.36. The van der Waals surface area contributed by atoms with Crippen molar-refractivity contribution in [2.45, 2.75) is 23.7 Å². The summed E-state index contributed by atoms with van der Waals surface area (Å²) in [6.45, 7) is 0.952. The Morgan fingerprint density at radius 2 is 1.68 bits per heavy atom. The fourth-order valence-electron chi connectivity index (χ4n) is 3.59. The van der Waals surface area contributed by atoms with Crippen molar-refractivity contribution in [3.8, 4) is 0 Å². The number of hydrogen-bond donors (Lipinski definition) is 1. The first kappa shape index (κ1) is 16.3. The largest absolute Gasteiger partial charge is 0.361 e. The molecule has 6 heteroatoms. The quantitative estimate of drug-likeness (QED) is 0.773. The first-order valence-electron chi connectivity index (χ1n) is 8.37. The monoisotopic (exact) mass is 358 g/mol. The molecule has 2 heterocycles. The summed E-state index contributed by atoms with van der Waals surface area (Å²) >= 11 is 0. The van der Waals surface area contributed by atoms with E-state index in [4.69, 9.17) is 0 Å². The van der Waals surface area contributed by atoms with E-state index in [0.29, 0.717) is 19.0 Å². The third kappa shape index (κ3) is 2.96. The van der Waals surface area contributed by atoms with Gasteiger partial charge in [0.25, 0.3) is 0 Å². The first-order chi connectivity index (χ1) is 12.1. The van der Waals surface area contributed by atoms with Crippen LogP contribution in [0.5, 0.6) is 0 Å². The summed E-state index contributed by atoms with van der Waals surface area (Å²) in [6, 6.07) is 13.2. The van der Waals surface area contributed by atoms with Gasteiger partial charge in [-0.1, -0.05) is 18.2 Å². The highest BCUT2D eigenvalue weighted by Crippen LogP contribution is 2.34. The highest BCUT2D eigenvalue weighted by molar-refractivity contribution is 7.89. The number of fused-ring (bicyclic) bond motifs is 1. The molecule has 4 nitrogen and oxygen atoms in total. The van der Waals surface area contributed by atoms with Gasteiger partial charge < -0.3 is 4.98 Å².